The fourth-order valence-electron chi connectivity index (χ4n) is 2.15. The lowest BCUT2D eigenvalue weighted by Gasteiger charge is -2.37. The summed E-state index contributed by atoms with van der Waals surface area (Å²) < 4.78 is 4.93. The minimum Gasteiger partial charge on any atom is -0.480 e. The van der Waals surface area contributed by atoms with Gasteiger partial charge in [-0.2, -0.15) is 0 Å². The highest BCUT2D eigenvalue weighted by Crippen LogP contribution is 2.09. The molecule has 1 fully saturated rings. The first kappa shape index (κ1) is 14.9. The fourth-order valence-corrected chi connectivity index (χ4v) is 2.15. The van der Waals surface area contributed by atoms with Gasteiger partial charge in [-0.25, -0.2) is 0 Å². The van der Waals surface area contributed by atoms with Gasteiger partial charge in [0, 0.05) is 39.7 Å². The van der Waals surface area contributed by atoms with E-state index in [9.17, 15) is 9.59 Å². The van der Waals surface area contributed by atoms with Crippen LogP contribution in [0.15, 0.2) is 0 Å². The number of amides is 1. The Morgan fingerprint density at radius 1 is 1.28 bits per heavy atom. The molecular weight excluding hydrogens is 236 g/mol. The smallest absolute Gasteiger partial charge is 0.323 e. The average Bonchev–Trinajstić information content (AvgIpc) is 2.36. The molecule has 18 heavy (non-hydrogen) atoms. The van der Waals surface area contributed by atoms with Gasteiger partial charge in [-0.3, -0.25) is 14.5 Å². The van der Waals surface area contributed by atoms with Crippen LogP contribution in [0.3, 0.4) is 0 Å². The van der Waals surface area contributed by atoms with Gasteiger partial charge in [0.1, 0.15) is 6.04 Å². The topological polar surface area (TPSA) is 70.1 Å². The van der Waals surface area contributed by atoms with Gasteiger partial charge in [0.25, 0.3) is 0 Å². The van der Waals surface area contributed by atoms with Crippen molar-refractivity contribution in [2.24, 2.45) is 0 Å². The van der Waals surface area contributed by atoms with Crippen LogP contribution in [0.2, 0.25) is 0 Å². The molecule has 1 aliphatic heterocycles. The van der Waals surface area contributed by atoms with Crippen LogP contribution in [0, 0.1) is 0 Å². The van der Waals surface area contributed by atoms with Crippen LogP contribution in [-0.2, 0) is 14.3 Å². The third-order valence-electron chi connectivity index (χ3n) is 3.18. The molecule has 0 aliphatic carbocycles. The Kier molecular flexibility index (Phi) is 6.07. The number of ether oxygens (including phenoxy) is 1. The summed E-state index contributed by atoms with van der Waals surface area (Å²) in [5.41, 5.74) is 0. The van der Waals surface area contributed by atoms with E-state index in [4.69, 9.17) is 9.84 Å². The number of methoxy groups -OCH3 is 1. The molecule has 0 spiro atoms. The Labute approximate surface area is 107 Å². The van der Waals surface area contributed by atoms with Gasteiger partial charge in [0.2, 0.25) is 5.91 Å². The maximum Gasteiger partial charge on any atom is 0.323 e. The van der Waals surface area contributed by atoms with Crippen LogP contribution in [0.1, 0.15) is 19.8 Å². The van der Waals surface area contributed by atoms with Crippen LogP contribution < -0.4 is 0 Å². The van der Waals surface area contributed by atoms with E-state index in [2.05, 4.69) is 0 Å². The molecule has 0 radical (unpaired) electrons. The van der Waals surface area contributed by atoms with Gasteiger partial charge in [-0.05, 0) is 6.42 Å². The molecule has 6 heteroatoms. The standard InChI is InChI=1S/C12H22N2O4/c1-3-4-11(15)14-7-5-13(6-8-14)10(9-18-2)12(16)17/h10H,3-9H2,1-2H3,(H,16,17). The van der Waals surface area contributed by atoms with Crippen LogP contribution in [0.25, 0.3) is 0 Å². The first-order valence-corrected chi connectivity index (χ1v) is 6.33. The van der Waals surface area contributed by atoms with Crippen molar-refractivity contribution in [3.63, 3.8) is 0 Å². The Morgan fingerprint density at radius 3 is 2.33 bits per heavy atom. The van der Waals surface area contributed by atoms with Gasteiger partial charge in [-0.15, -0.1) is 0 Å². The molecular formula is C12H22N2O4. The molecule has 0 bridgehead atoms. The van der Waals surface area contributed by atoms with Gasteiger partial charge in [0.15, 0.2) is 0 Å². The lowest BCUT2D eigenvalue weighted by Crippen LogP contribution is -2.55. The average molecular weight is 258 g/mol. The number of hydrogen-bond acceptors (Lipinski definition) is 4. The van der Waals surface area contributed by atoms with Crippen LogP contribution >= 0.6 is 0 Å². The third-order valence-corrected chi connectivity index (χ3v) is 3.18. The second-order valence-electron chi connectivity index (χ2n) is 4.48. The number of rotatable bonds is 6. The number of carbonyl (C=O) groups excluding carboxylic acids is 1. The van der Waals surface area contributed by atoms with Crippen LogP contribution in [0.4, 0.5) is 0 Å². The van der Waals surface area contributed by atoms with E-state index in [1.54, 1.807) is 0 Å². The van der Waals surface area contributed by atoms with Crippen LogP contribution in [-0.4, -0.2) is 72.7 Å². The third kappa shape index (κ3) is 3.96. The van der Waals surface area contributed by atoms with E-state index < -0.39 is 12.0 Å². The second kappa shape index (κ2) is 7.33. The largest absolute Gasteiger partial charge is 0.480 e. The molecule has 1 atom stereocenters. The Bertz CT molecular complexity index is 288. The summed E-state index contributed by atoms with van der Waals surface area (Å²) >= 11 is 0. The SMILES string of the molecule is CCCC(=O)N1CCN(C(COC)C(=O)O)CC1. The van der Waals surface area contributed by atoms with Crippen molar-refractivity contribution in [3.8, 4) is 0 Å². The molecule has 1 rings (SSSR count). The van der Waals surface area contributed by atoms with Crippen molar-refractivity contribution >= 4 is 11.9 Å². The lowest BCUT2D eigenvalue weighted by molar-refractivity contribution is -0.147. The summed E-state index contributed by atoms with van der Waals surface area (Å²) in [7, 11) is 1.50. The Balaban J connectivity index is 2.46. The number of carboxylic acids is 1. The Morgan fingerprint density at radius 2 is 1.89 bits per heavy atom. The normalized spacial score (nSPS) is 18.7. The van der Waals surface area contributed by atoms with Crippen molar-refractivity contribution in [1.29, 1.82) is 0 Å². The van der Waals surface area contributed by atoms with Crippen molar-refractivity contribution in [2.75, 3.05) is 39.9 Å². The molecule has 0 aromatic carbocycles. The highest BCUT2D eigenvalue weighted by Gasteiger charge is 2.29. The van der Waals surface area contributed by atoms with Gasteiger partial charge >= 0.3 is 5.97 Å². The lowest BCUT2D eigenvalue weighted by atomic mass is 10.2. The fraction of sp³-hybridized carbons (Fsp3) is 0.833. The zero-order valence-corrected chi connectivity index (χ0v) is 11.1. The Hall–Kier alpha value is -1.14. The molecule has 6 nitrogen and oxygen atoms in total. The maximum atomic E-state index is 11.7. The quantitative estimate of drug-likeness (QED) is 0.728. The van der Waals surface area contributed by atoms with E-state index in [1.807, 2.05) is 16.7 Å². The predicted molar refractivity (Wildman–Crippen MR) is 66.4 cm³/mol. The van der Waals surface area contributed by atoms with E-state index >= 15 is 0 Å². The van der Waals surface area contributed by atoms with Gasteiger partial charge in [0.05, 0.1) is 6.61 Å². The zero-order valence-electron chi connectivity index (χ0n) is 11.1. The molecule has 1 heterocycles. The number of piperazine rings is 1. The van der Waals surface area contributed by atoms with E-state index in [1.165, 1.54) is 7.11 Å². The summed E-state index contributed by atoms with van der Waals surface area (Å²) in [6.45, 7) is 4.55. The molecule has 1 N–H and O–H groups in total. The molecule has 104 valence electrons. The van der Waals surface area contributed by atoms with Crippen molar-refractivity contribution < 1.29 is 19.4 Å². The summed E-state index contributed by atoms with van der Waals surface area (Å²) in [5, 5.41) is 9.11. The maximum absolute atomic E-state index is 11.7. The molecule has 0 aromatic rings. The molecule has 1 unspecified atom stereocenters. The molecule has 1 aliphatic rings. The molecule has 0 saturated carbocycles. The monoisotopic (exact) mass is 258 g/mol. The van der Waals surface area contributed by atoms with E-state index in [-0.39, 0.29) is 12.5 Å². The minimum absolute atomic E-state index is 0.163. The summed E-state index contributed by atoms with van der Waals surface area (Å²) in [6, 6.07) is -0.613. The highest BCUT2D eigenvalue weighted by molar-refractivity contribution is 5.76. The van der Waals surface area contributed by atoms with Crippen molar-refractivity contribution in [2.45, 2.75) is 25.8 Å². The van der Waals surface area contributed by atoms with Gasteiger partial charge < -0.3 is 14.7 Å². The second-order valence-corrected chi connectivity index (χ2v) is 4.48. The summed E-state index contributed by atoms with van der Waals surface area (Å²) in [4.78, 5) is 26.5. The first-order chi connectivity index (χ1) is 8.60. The summed E-state index contributed by atoms with van der Waals surface area (Å²) in [5.74, 6) is -0.707. The molecule has 1 amide bonds. The van der Waals surface area contributed by atoms with Gasteiger partial charge in [-0.1, -0.05) is 6.92 Å². The minimum atomic E-state index is -0.870. The first-order valence-electron chi connectivity index (χ1n) is 6.33. The highest BCUT2D eigenvalue weighted by atomic mass is 16.5. The van der Waals surface area contributed by atoms with Crippen molar-refractivity contribution in [3.05, 3.63) is 0 Å². The molecule has 1 saturated heterocycles. The number of hydrogen-bond donors (Lipinski definition) is 1. The number of aliphatic carboxylic acids is 1. The number of nitrogens with zero attached hydrogens (tertiary/aromatic N) is 2. The zero-order chi connectivity index (χ0) is 13.5. The number of carboxylic acid groups (broad SMARTS) is 1. The van der Waals surface area contributed by atoms with Crippen molar-refractivity contribution in [1.82, 2.24) is 9.80 Å². The molecule has 0 aromatic heterocycles. The van der Waals surface area contributed by atoms with Crippen LogP contribution in [0.5, 0.6) is 0 Å². The predicted octanol–water partition coefficient (Wildman–Crippen LogP) is 0.0303. The summed E-state index contributed by atoms with van der Waals surface area (Å²) in [6.07, 6.45) is 1.42. The number of carbonyl (C=O) groups is 2. The van der Waals surface area contributed by atoms with E-state index in [0.717, 1.165) is 6.42 Å². The van der Waals surface area contributed by atoms with E-state index in [0.29, 0.717) is 32.6 Å².